The number of carbonyl (C=O) groups excluding carboxylic acids is 1. The molecule has 1 N–H and O–H groups in total. The quantitative estimate of drug-likeness (QED) is 0.890. The maximum atomic E-state index is 13.7. The zero-order valence-corrected chi connectivity index (χ0v) is 14.6. The lowest BCUT2D eigenvalue weighted by molar-refractivity contribution is -0.121. The van der Waals surface area contributed by atoms with Crippen molar-refractivity contribution in [2.45, 2.75) is 36.6 Å². The lowest BCUT2D eigenvalue weighted by Crippen LogP contribution is -2.32. The summed E-state index contributed by atoms with van der Waals surface area (Å²) in [7, 11) is -3.82. The molecule has 0 aliphatic heterocycles. The van der Waals surface area contributed by atoms with Crippen molar-refractivity contribution in [1.29, 1.82) is 0 Å². The predicted octanol–water partition coefficient (Wildman–Crippen LogP) is 3.18. The maximum Gasteiger partial charge on any atom is 0.221 e. The van der Waals surface area contributed by atoms with Gasteiger partial charge in [-0.25, -0.2) is 12.8 Å². The van der Waals surface area contributed by atoms with Gasteiger partial charge in [-0.1, -0.05) is 36.4 Å². The first-order valence-corrected chi connectivity index (χ1v) is 9.97. The fraction of sp³-hybridized carbons (Fsp3) is 0.316. The number of amides is 1. The SMILES string of the molecule is O=C(CCS(=O)(=O)c1ccccc1F)N[C@@H]1CCCc2ccccc21. The predicted molar refractivity (Wildman–Crippen MR) is 93.3 cm³/mol. The van der Waals surface area contributed by atoms with E-state index in [-0.39, 0.29) is 23.3 Å². The molecule has 0 unspecified atom stereocenters. The fourth-order valence-corrected chi connectivity index (χ4v) is 4.53. The fourth-order valence-electron chi connectivity index (χ4n) is 3.20. The number of aryl methyl sites for hydroxylation is 1. The van der Waals surface area contributed by atoms with Gasteiger partial charge < -0.3 is 5.32 Å². The number of fused-ring (bicyclic) bond motifs is 1. The number of benzene rings is 2. The molecular formula is C19H20FNO3S. The molecule has 1 aliphatic rings. The van der Waals surface area contributed by atoms with Crippen LogP contribution in [-0.4, -0.2) is 20.1 Å². The van der Waals surface area contributed by atoms with Crippen molar-refractivity contribution in [3.63, 3.8) is 0 Å². The van der Waals surface area contributed by atoms with Crippen LogP contribution in [0.4, 0.5) is 4.39 Å². The molecule has 0 saturated heterocycles. The van der Waals surface area contributed by atoms with E-state index >= 15 is 0 Å². The molecule has 6 heteroatoms. The lowest BCUT2D eigenvalue weighted by Gasteiger charge is -2.26. The van der Waals surface area contributed by atoms with Crippen molar-refractivity contribution in [3.8, 4) is 0 Å². The maximum absolute atomic E-state index is 13.7. The van der Waals surface area contributed by atoms with Crippen LogP contribution >= 0.6 is 0 Å². The summed E-state index contributed by atoms with van der Waals surface area (Å²) in [4.78, 5) is 11.9. The number of sulfone groups is 1. The summed E-state index contributed by atoms with van der Waals surface area (Å²) in [5.74, 6) is -1.53. The Morgan fingerprint density at radius 2 is 1.84 bits per heavy atom. The zero-order chi connectivity index (χ0) is 17.9. The minimum absolute atomic E-state index is 0.0892. The molecule has 3 rings (SSSR count). The second-order valence-electron chi connectivity index (χ2n) is 6.21. The van der Waals surface area contributed by atoms with Gasteiger partial charge in [0.15, 0.2) is 9.84 Å². The van der Waals surface area contributed by atoms with Crippen molar-refractivity contribution in [1.82, 2.24) is 5.32 Å². The molecular weight excluding hydrogens is 341 g/mol. The van der Waals surface area contributed by atoms with Crippen LogP contribution in [0.1, 0.15) is 36.4 Å². The van der Waals surface area contributed by atoms with Gasteiger partial charge in [-0.15, -0.1) is 0 Å². The largest absolute Gasteiger partial charge is 0.349 e. The first-order chi connectivity index (χ1) is 12.0. The summed E-state index contributed by atoms with van der Waals surface area (Å²) < 4.78 is 38.1. The summed E-state index contributed by atoms with van der Waals surface area (Å²) in [6.07, 6.45) is 2.62. The molecule has 132 valence electrons. The second kappa shape index (κ2) is 7.35. The van der Waals surface area contributed by atoms with Gasteiger partial charge >= 0.3 is 0 Å². The van der Waals surface area contributed by atoms with E-state index < -0.39 is 21.4 Å². The Labute approximate surface area is 147 Å². The summed E-state index contributed by atoms with van der Waals surface area (Å²) >= 11 is 0. The molecule has 0 saturated carbocycles. The van der Waals surface area contributed by atoms with E-state index in [0.29, 0.717) is 0 Å². The van der Waals surface area contributed by atoms with E-state index in [1.165, 1.54) is 23.8 Å². The van der Waals surface area contributed by atoms with E-state index in [2.05, 4.69) is 11.4 Å². The first kappa shape index (κ1) is 17.6. The highest BCUT2D eigenvalue weighted by Crippen LogP contribution is 2.29. The molecule has 1 atom stereocenters. The Morgan fingerprint density at radius 1 is 1.12 bits per heavy atom. The number of hydrogen-bond donors (Lipinski definition) is 1. The molecule has 1 aliphatic carbocycles. The molecule has 1 amide bonds. The Kier molecular flexibility index (Phi) is 5.18. The summed E-state index contributed by atoms with van der Waals surface area (Å²) in [5.41, 5.74) is 2.32. The normalized spacial score (nSPS) is 16.9. The van der Waals surface area contributed by atoms with Gasteiger partial charge in [0, 0.05) is 6.42 Å². The Hall–Kier alpha value is -2.21. The van der Waals surface area contributed by atoms with Crippen LogP contribution in [-0.2, 0) is 21.1 Å². The smallest absolute Gasteiger partial charge is 0.221 e. The number of rotatable bonds is 5. The molecule has 0 radical (unpaired) electrons. The van der Waals surface area contributed by atoms with Gasteiger partial charge in [-0.2, -0.15) is 0 Å². The number of halogens is 1. The summed E-state index contributed by atoms with van der Waals surface area (Å²) in [6.45, 7) is 0. The van der Waals surface area contributed by atoms with Gasteiger partial charge in [-0.05, 0) is 42.5 Å². The topological polar surface area (TPSA) is 63.2 Å². The molecule has 0 heterocycles. The van der Waals surface area contributed by atoms with Crippen LogP contribution in [0.25, 0.3) is 0 Å². The van der Waals surface area contributed by atoms with E-state index in [0.717, 1.165) is 30.9 Å². The van der Waals surface area contributed by atoms with Crippen molar-refractivity contribution < 1.29 is 17.6 Å². The molecule has 4 nitrogen and oxygen atoms in total. The van der Waals surface area contributed by atoms with E-state index in [9.17, 15) is 17.6 Å². The van der Waals surface area contributed by atoms with E-state index in [1.54, 1.807) is 0 Å². The molecule has 0 fully saturated rings. The van der Waals surface area contributed by atoms with Crippen LogP contribution in [0.5, 0.6) is 0 Å². The van der Waals surface area contributed by atoms with Gasteiger partial charge in [0.05, 0.1) is 11.8 Å². The highest BCUT2D eigenvalue weighted by atomic mass is 32.2. The standard InChI is InChI=1S/C19H20FNO3S/c20-16-9-3-4-11-18(16)25(23,24)13-12-19(22)21-17-10-5-7-14-6-1-2-8-15(14)17/h1-4,6,8-9,11,17H,5,7,10,12-13H2,(H,21,22)/t17-/m1/s1. The van der Waals surface area contributed by atoms with Crippen LogP contribution in [0.2, 0.25) is 0 Å². The zero-order valence-electron chi connectivity index (χ0n) is 13.7. The van der Waals surface area contributed by atoms with Gasteiger partial charge in [-0.3, -0.25) is 4.79 Å². The highest BCUT2D eigenvalue weighted by Gasteiger charge is 2.23. The number of nitrogens with one attached hydrogen (secondary N) is 1. The minimum Gasteiger partial charge on any atom is -0.349 e. The van der Waals surface area contributed by atoms with Gasteiger partial charge in [0.25, 0.3) is 0 Å². The van der Waals surface area contributed by atoms with Crippen LogP contribution in [0, 0.1) is 5.82 Å². The van der Waals surface area contributed by atoms with E-state index in [4.69, 9.17) is 0 Å². The molecule has 25 heavy (non-hydrogen) atoms. The van der Waals surface area contributed by atoms with Crippen LogP contribution < -0.4 is 5.32 Å². The van der Waals surface area contributed by atoms with Crippen LogP contribution in [0.15, 0.2) is 53.4 Å². The number of carbonyl (C=O) groups is 1. The van der Waals surface area contributed by atoms with Crippen LogP contribution in [0.3, 0.4) is 0 Å². The van der Waals surface area contributed by atoms with Gasteiger partial charge in [0.2, 0.25) is 5.91 Å². The Morgan fingerprint density at radius 3 is 2.64 bits per heavy atom. The monoisotopic (exact) mass is 361 g/mol. The molecule has 2 aromatic carbocycles. The molecule has 0 bridgehead atoms. The average Bonchev–Trinajstić information content (AvgIpc) is 2.61. The van der Waals surface area contributed by atoms with Gasteiger partial charge in [0.1, 0.15) is 10.7 Å². The molecule has 0 spiro atoms. The molecule has 0 aromatic heterocycles. The molecule has 2 aromatic rings. The summed E-state index contributed by atoms with van der Waals surface area (Å²) in [5, 5.41) is 2.92. The Bertz CT molecular complexity index is 880. The first-order valence-electron chi connectivity index (χ1n) is 8.32. The Balaban J connectivity index is 1.64. The van der Waals surface area contributed by atoms with E-state index in [1.807, 2.05) is 18.2 Å². The third-order valence-electron chi connectivity index (χ3n) is 4.47. The van der Waals surface area contributed by atoms with Crippen molar-refractivity contribution in [2.24, 2.45) is 0 Å². The van der Waals surface area contributed by atoms with Crippen molar-refractivity contribution >= 4 is 15.7 Å². The lowest BCUT2D eigenvalue weighted by atomic mass is 9.88. The third-order valence-corrected chi connectivity index (χ3v) is 6.22. The average molecular weight is 361 g/mol. The number of hydrogen-bond acceptors (Lipinski definition) is 3. The highest BCUT2D eigenvalue weighted by molar-refractivity contribution is 7.91. The van der Waals surface area contributed by atoms with Crippen molar-refractivity contribution in [3.05, 3.63) is 65.5 Å². The third kappa shape index (κ3) is 4.07. The van der Waals surface area contributed by atoms with Crippen molar-refractivity contribution in [2.75, 3.05) is 5.75 Å². The minimum atomic E-state index is -3.82. The summed E-state index contributed by atoms with van der Waals surface area (Å²) in [6, 6.07) is 13.1. The second-order valence-corrected chi connectivity index (χ2v) is 8.29.